The molecule has 1 aromatic rings. The molecule has 6 nitrogen and oxygen atoms in total. The number of nitrogens with zero attached hydrogens (tertiary/aromatic N) is 1. The molecule has 0 fully saturated rings. The summed E-state index contributed by atoms with van der Waals surface area (Å²) in [4.78, 5) is 11.5. The van der Waals surface area contributed by atoms with Crippen LogP contribution >= 0.6 is 0 Å². The van der Waals surface area contributed by atoms with Gasteiger partial charge in [-0.25, -0.2) is 8.42 Å². The lowest BCUT2D eigenvalue weighted by atomic mass is 10.2. The van der Waals surface area contributed by atoms with Crippen molar-refractivity contribution in [1.82, 2.24) is 9.62 Å². The van der Waals surface area contributed by atoms with E-state index in [2.05, 4.69) is 5.32 Å². The van der Waals surface area contributed by atoms with Gasteiger partial charge in [-0.15, -0.1) is 0 Å². The minimum Gasteiger partial charge on any atom is -0.399 e. The van der Waals surface area contributed by atoms with Gasteiger partial charge in [0.15, 0.2) is 0 Å². The van der Waals surface area contributed by atoms with Gasteiger partial charge in [-0.1, -0.05) is 19.1 Å². The summed E-state index contributed by atoms with van der Waals surface area (Å²) in [6, 6.07) is 6.66. The average molecular weight is 299 g/mol. The Balaban J connectivity index is 2.79. The third-order valence-corrected chi connectivity index (χ3v) is 4.64. The Morgan fingerprint density at radius 2 is 1.85 bits per heavy atom. The Morgan fingerprint density at radius 3 is 2.35 bits per heavy atom. The van der Waals surface area contributed by atoms with Crippen molar-refractivity contribution in [3.05, 3.63) is 29.8 Å². The lowest BCUT2D eigenvalue weighted by Gasteiger charge is -2.19. The third kappa shape index (κ3) is 4.82. The number of nitrogen functional groups attached to an aromatic ring is 1. The van der Waals surface area contributed by atoms with Gasteiger partial charge in [0.2, 0.25) is 15.9 Å². The first-order chi connectivity index (χ1) is 9.39. The van der Waals surface area contributed by atoms with Crippen LogP contribution in [0.3, 0.4) is 0 Å². The Hall–Kier alpha value is -1.60. The van der Waals surface area contributed by atoms with E-state index in [1.807, 2.05) is 0 Å². The summed E-state index contributed by atoms with van der Waals surface area (Å²) in [7, 11) is -3.52. The fourth-order valence-electron chi connectivity index (χ4n) is 1.74. The second-order valence-electron chi connectivity index (χ2n) is 4.38. The number of anilines is 1. The molecule has 0 bridgehead atoms. The maximum Gasteiger partial charge on any atom is 0.235 e. The highest BCUT2D eigenvalue weighted by atomic mass is 32.2. The Kier molecular flexibility index (Phi) is 5.97. The molecule has 1 rings (SSSR count). The van der Waals surface area contributed by atoms with Crippen molar-refractivity contribution in [2.24, 2.45) is 0 Å². The zero-order valence-electron chi connectivity index (χ0n) is 11.8. The van der Waals surface area contributed by atoms with Gasteiger partial charge < -0.3 is 11.1 Å². The summed E-state index contributed by atoms with van der Waals surface area (Å²) in [6.07, 6.45) is 0. The predicted molar refractivity (Wildman–Crippen MR) is 79.4 cm³/mol. The highest BCUT2D eigenvalue weighted by Crippen LogP contribution is 2.12. The number of amides is 1. The fraction of sp³-hybridized carbons (Fsp3) is 0.462. The number of sulfonamides is 1. The number of carbonyl (C=O) groups is 1. The van der Waals surface area contributed by atoms with Gasteiger partial charge in [0.25, 0.3) is 0 Å². The molecule has 20 heavy (non-hydrogen) atoms. The number of hydrogen-bond acceptors (Lipinski definition) is 4. The van der Waals surface area contributed by atoms with E-state index < -0.39 is 10.0 Å². The molecular formula is C13H21N3O3S. The van der Waals surface area contributed by atoms with E-state index in [4.69, 9.17) is 5.73 Å². The van der Waals surface area contributed by atoms with Crippen LogP contribution < -0.4 is 11.1 Å². The summed E-state index contributed by atoms with van der Waals surface area (Å²) in [5.41, 5.74) is 6.79. The molecule has 1 aromatic carbocycles. The average Bonchev–Trinajstić information content (AvgIpc) is 2.38. The van der Waals surface area contributed by atoms with E-state index in [9.17, 15) is 13.2 Å². The molecule has 0 atom stereocenters. The number of nitrogens with one attached hydrogen (secondary N) is 1. The van der Waals surface area contributed by atoms with Gasteiger partial charge in [0.1, 0.15) is 0 Å². The normalized spacial score (nSPS) is 11.6. The largest absolute Gasteiger partial charge is 0.399 e. The molecule has 0 aliphatic heterocycles. The Labute approximate surface area is 120 Å². The van der Waals surface area contributed by atoms with E-state index in [1.165, 1.54) is 4.31 Å². The minimum atomic E-state index is -3.52. The highest BCUT2D eigenvalue weighted by molar-refractivity contribution is 7.88. The zero-order chi connectivity index (χ0) is 15.2. The predicted octanol–water partition coefficient (Wildman–Crippen LogP) is 0.557. The van der Waals surface area contributed by atoms with Crippen molar-refractivity contribution >= 4 is 21.6 Å². The number of carbonyl (C=O) groups excluding carboxylic acids is 1. The zero-order valence-corrected chi connectivity index (χ0v) is 12.6. The first-order valence-corrected chi connectivity index (χ1v) is 8.09. The highest BCUT2D eigenvalue weighted by Gasteiger charge is 2.23. The van der Waals surface area contributed by atoms with Gasteiger partial charge in [-0.05, 0) is 24.6 Å². The molecule has 112 valence electrons. The van der Waals surface area contributed by atoms with Crippen molar-refractivity contribution in [2.45, 2.75) is 19.6 Å². The second-order valence-corrected chi connectivity index (χ2v) is 6.35. The maximum absolute atomic E-state index is 12.3. The van der Waals surface area contributed by atoms with Gasteiger partial charge in [-0.2, -0.15) is 4.31 Å². The summed E-state index contributed by atoms with van der Waals surface area (Å²) in [6.45, 7) is 4.08. The van der Waals surface area contributed by atoms with Crippen LogP contribution in [0, 0.1) is 0 Å². The first kappa shape index (κ1) is 16.5. The number of nitrogens with two attached hydrogens (primary N) is 1. The van der Waals surface area contributed by atoms with Crippen molar-refractivity contribution < 1.29 is 13.2 Å². The van der Waals surface area contributed by atoms with Gasteiger partial charge >= 0.3 is 0 Å². The summed E-state index contributed by atoms with van der Waals surface area (Å²) < 4.78 is 25.7. The summed E-state index contributed by atoms with van der Waals surface area (Å²) in [5, 5.41) is 2.59. The van der Waals surface area contributed by atoms with Gasteiger partial charge in [0, 0.05) is 18.8 Å². The fourth-order valence-corrected chi connectivity index (χ4v) is 3.24. The van der Waals surface area contributed by atoms with Gasteiger partial charge in [-0.3, -0.25) is 4.79 Å². The van der Waals surface area contributed by atoms with Crippen LogP contribution in [0.2, 0.25) is 0 Å². The second kappa shape index (κ2) is 7.25. The van der Waals surface area contributed by atoms with Crippen molar-refractivity contribution in [3.8, 4) is 0 Å². The van der Waals surface area contributed by atoms with E-state index in [-0.39, 0.29) is 24.7 Å². The van der Waals surface area contributed by atoms with E-state index in [0.717, 1.165) is 0 Å². The van der Waals surface area contributed by atoms with Crippen molar-refractivity contribution in [1.29, 1.82) is 0 Å². The lowest BCUT2D eigenvalue weighted by molar-refractivity contribution is -0.121. The smallest absolute Gasteiger partial charge is 0.235 e. The SMILES string of the molecule is CCNC(=O)CN(CC)S(=O)(=O)Cc1ccc(N)cc1. The molecule has 0 heterocycles. The molecule has 0 spiro atoms. The Bertz CT molecular complexity index is 540. The number of hydrogen-bond donors (Lipinski definition) is 2. The number of benzene rings is 1. The molecule has 1 amide bonds. The molecule has 0 saturated carbocycles. The lowest BCUT2D eigenvalue weighted by Crippen LogP contribution is -2.41. The van der Waals surface area contributed by atoms with Crippen molar-refractivity contribution in [3.63, 3.8) is 0 Å². The van der Waals surface area contributed by atoms with E-state index >= 15 is 0 Å². The standard InChI is InChI=1S/C13H21N3O3S/c1-3-15-13(17)9-16(4-2)20(18,19)10-11-5-7-12(14)8-6-11/h5-8H,3-4,9-10,14H2,1-2H3,(H,15,17). The molecule has 7 heteroatoms. The van der Waals surface area contributed by atoms with Crippen LogP contribution in [0.25, 0.3) is 0 Å². The van der Waals surface area contributed by atoms with Crippen molar-refractivity contribution in [2.75, 3.05) is 25.4 Å². The topological polar surface area (TPSA) is 92.5 Å². The van der Waals surface area contributed by atoms with Crippen LogP contribution in [0.1, 0.15) is 19.4 Å². The van der Waals surface area contributed by atoms with Gasteiger partial charge in [0.05, 0.1) is 12.3 Å². The molecule has 0 aliphatic rings. The summed E-state index contributed by atoms with van der Waals surface area (Å²) in [5.74, 6) is -0.434. The van der Waals surface area contributed by atoms with E-state index in [1.54, 1.807) is 38.1 Å². The van der Waals surface area contributed by atoms with Crippen LogP contribution in [-0.4, -0.2) is 38.3 Å². The summed E-state index contributed by atoms with van der Waals surface area (Å²) >= 11 is 0. The molecule has 0 saturated heterocycles. The molecule has 0 unspecified atom stereocenters. The third-order valence-electron chi connectivity index (χ3n) is 2.77. The first-order valence-electron chi connectivity index (χ1n) is 6.48. The van der Waals surface area contributed by atoms with Crippen LogP contribution in [0.5, 0.6) is 0 Å². The molecule has 0 radical (unpaired) electrons. The van der Waals surface area contributed by atoms with E-state index in [0.29, 0.717) is 17.8 Å². The van der Waals surface area contributed by atoms with Crippen LogP contribution in [0.4, 0.5) is 5.69 Å². The minimum absolute atomic E-state index is 0.138. The molecule has 0 aliphatic carbocycles. The van der Waals surface area contributed by atoms with Crippen LogP contribution in [0.15, 0.2) is 24.3 Å². The maximum atomic E-state index is 12.3. The molecular weight excluding hydrogens is 278 g/mol. The number of likely N-dealkylation sites (N-methyl/N-ethyl adjacent to an activating group) is 2. The monoisotopic (exact) mass is 299 g/mol. The molecule has 3 N–H and O–H groups in total. The van der Waals surface area contributed by atoms with Crippen LogP contribution in [-0.2, 0) is 20.6 Å². The molecule has 0 aromatic heterocycles. The number of rotatable bonds is 7. The quantitative estimate of drug-likeness (QED) is 0.719. The Morgan fingerprint density at radius 1 is 1.25 bits per heavy atom.